The number of nitrogens with zero attached hydrogens (tertiary/aromatic N) is 1. The molecule has 0 fully saturated rings. The van der Waals surface area contributed by atoms with E-state index >= 15 is 0 Å². The standard InChI is InChI=1S/C19H18Cl2N2O3/c1-19(2)6-12(24)17-14(7-19)26-18(23)10(8-22)15(17)16-11(21)4-9(20)5-13(16)25-3/h4-5,15H,6-7,23H2,1-3H3/t15-/m1/s1. The molecule has 1 aromatic carbocycles. The third-order valence-corrected chi connectivity index (χ3v) is 5.17. The Hall–Kier alpha value is -2.16. The molecule has 0 amide bonds. The van der Waals surface area contributed by atoms with Crippen molar-refractivity contribution in [2.75, 3.05) is 7.11 Å². The fraction of sp³-hybridized carbons (Fsp3) is 0.368. The zero-order valence-corrected chi connectivity index (χ0v) is 16.2. The van der Waals surface area contributed by atoms with Crippen LogP contribution < -0.4 is 10.5 Å². The topological polar surface area (TPSA) is 85.3 Å². The van der Waals surface area contributed by atoms with E-state index in [1.165, 1.54) is 7.11 Å². The first-order valence-electron chi connectivity index (χ1n) is 8.05. The van der Waals surface area contributed by atoms with E-state index in [1.807, 2.05) is 13.8 Å². The SMILES string of the molecule is COc1cc(Cl)cc(Cl)c1[C@H]1C(C#N)=C(N)OC2=C1C(=O)CC(C)(C)C2. The lowest BCUT2D eigenvalue weighted by atomic mass is 9.70. The third kappa shape index (κ3) is 3.04. The molecule has 26 heavy (non-hydrogen) atoms. The van der Waals surface area contributed by atoms with Crippen molar-refractivity contribution >= 4 is 29.0 Å². The van der Waals surface area contributed by atoms with Crippen molar-refractivity contribution in [3.63, 3.8) is 0 Å². The molecule has 0 spiro atoms. The smallest absolute Gasteiger partial charge is 0.205 e. The highest BCUT2D eigenvalue weighted by Crippen LogP contribution is 2.51. The van der Waals surface area contributed by atoms with Crippen LogP contribution in [0.4, 0.5) is 0 Å². The summed E-state index contributed by atoms with van der Waals surface area (Å²) in [4.78, 5) is 13.0. The average Bonchev–Trinajstić information content (AvgIpc) is 2.51. The second kappa shape index (κ2) is 6.53. The van der Waals surface area contributed by atoms with Crippen molar-refractivity contribution in [2.45, 2.75) is 32.6 Å². The molecule has 1 heterocycles. The number of rotatable bonds is 2. The number of carbonyl (C=O) groups excluding carboxylic acids is 1. The fourth-order valence-electron chi connectivity index (χ4n) is 3.58. The minimum Gasteiger partial charge on any atom is -0.496 e. The molecule has 1 aliphatic heterocycles. The normalized spacial score (nSPS) is 21.8. The van der Waals surface area contributed by atoms with E-state index in [0.717, 1.165) is 0 Å². The highest BCUT2D eigenvalue weighted by Gasteiger charge is 2.44. The number of ketones is 1. The lowest BCUT2D eigenvalue weighted by molar-refractivity contribution is -0.119. The summed E-state index contributed by atoms with van der Waals surface area (Å²) >= 11 is 12.5. The maximum Gasteiger partial charge on any atom is 0.205 e. The number of Topliss-reactive ketones (excluding diaryl/α,β-unsaturated/α-hetero) is 1. The van der Waals surface area contributed by atoms with Crippen LogP contribution in [0.25, 0.3) is 0 Å². The second-order valence-electron chi connectivity index (χ2n) is 7.21. The minimum atomic E-state index is -0.743. The Labute approximate surface area is 162 Å². The number of benzene rings is 1. The van der Waals surface area contributed by atoms with Gasteiger partial charge in [-0.05, 0) is 17.5 Å². The minimum absolute atomic E-state index is 0.0187. The molecule has 0 unspecified atom stereocenters. The van der Waals surface area contributed by atoms with Crippen LogP contribution in [0.15, 0.2) is 34.9 Å². The van der Waals surface area contributed by atoms with Gasteiger partial charge in [-0.3, -0.25) is 4.79 Å². The maximum atomic E-state index is 13.0. The number of halogens is 2. The van der Waals surface area contributed by atoms with E-state index in [2.05, 4.69) is 6.07 Å². The van der Waals surface area contributed by atoms with Crippen molar-refractivity contribution in [3.05, 3.63) is 50.5 Å². The van der Waals surface area contributed by atoms with Gasteiger partial charge in [-0.1, -0.05) is 37.0 Å². The van der Waals surface area contributed by atoms with Crippen LogP contribution in [0.5, 0.6) is 5.75 Å². The zero-order valence-electron chi connectivity index (χ0n) is 14.7. The summed E-state index contributed by atoms with van der Waals surface area (Å²) in [6, 6.07) is 5.22. The number of methoxy groups -OCH3 is 1. The van der Waals surface area contributed by atoms with Gasteiger partial charge in [0, 0.05) is 34.0 Å². The Balaban J connectivity index is 2.29. The van der Waals surface area contributed by atoms with Crippen molar-refractivity contribution in [2.24, 2.45) is 11.1 Å². The summed E-state index contributed by atoms with van der Waals surface area (Å²) in [5, 5.41) is 10.4. The number of nitrogens with two attached hydrogens (primary N) is 1. The van der Waals surface area contributed by atoms with E-state index in [1.54, 1.807) is 12.1 Å². The highest BCUT2D eigenvalue weighted by atomic mass is 35.5. The van der Waals surface area contributed by atoms with Crippen LogP contribution in [-0.4, -0.2) is 12.9 Å². The van der Waals surface area contributed by atoms with Crippen LogP contribution >= 0.6 is 23.2 Å². The van der Waals surface area contributed by atoms with Crippen molar-refractivity contribution in [1.82, 2.24) is 0 Å². The van der Waals surface area contributed by atoms with Gasteiger partial charge >= 0.3 is 0 Å². The van der Waals surface area contributed by atoms with Gasteiger partial charge in [-0.25, -0.2) is 0 Å². The van der Waals surface area contributed by atoms with Crippen LogP contribution in [-0.2, 0) is 9.53 Å². The van der Waals surface area contributed by atoms with Gasteiger partial charge in [0.1, 0.15) is 23.2 Å². The molecule has 2 aliphatic rings. The van der Waals surface area contributed by atoms with E-state index < -0.39 is 5.92 Å². The molecule has 5 nitrogen and oxygen atoms in total. The van der Waals surface area contributed by atoms with Crippen LogP contribution in [0.2, 0.25) is 10.0 Å². The molecule has 0 saturated heterocycles. The highest BCUT2D eigenvalue weighted by molar-refractivity contribution is 6.35. The molecule has 1 aromatic rings. The molecule has 0 radical (unpaired) electrons. The second-order valence-corrected chi connectivity index (χ2v) is 8.05. The lowest BCUT2D eigenvalue weighted by Crippen LogP contribution is -2.33. The number of hydrogen-bond donors (Lipinski definition) is 1. The summed E-state index contributed by atoms with van der Waals surface area (Å²) in [6.07, 6.45) is 0.884. The van der Waals surface area contributed by atoms with E-state index in [0.29, 0.717) is 45.5 Å². The van der Waals surface area contributed by atoms with Crippen LogP contribution in [0.1, 0.15) is 38.2 Å². The molecular weight excluding hydrogens is 375 g/mol. The molecule has 2 N–H and O–H groups in total. The quantitative estimate of drug-likeness (QED) is 0.802. The van der Waals surface area contributed by atoms with Gasteiger partial charge in [-0.15, -0.1) is 0 Å². The van der Waals surface area contributed by atoms with Crippen LogP contribution in [0, 0.1) is 16.7 Å². The summed E-state index contributed by atoms with van der Waals surface area (Å²) in [5.74, 6) is 0.0247. The molecule has 1 aliphatic carbocycles. The molecule has 0 bridgehead atoms. The molecule has 7 heteroatoms. The van der Waals surface area contributed by atoms with Crippen molar-refractivity contribution in [3.8, 4) is 11.8 Å². The molecule has 1 atom stereocenters. The Bertz CT molecular complexity index is 910. The molecular formula is C19H18Cl2N2O3. The number of nitriles is 1. The summed E-state index contributed by atoms with van der Waals surface area (Å²) in [5.41, 5.74) is 6.80. The lowest BCUT2D eigenvalue weighted by Gasteiger charge is -2.37. The van der Waals surface area contributed by atoms with E-state index in [-0.39, 0.29) is 22.7 Å². The van der Waals surface area contributed by atoms with E-state index in [9.17, 15) is 10.1 Å². The number of ether oxygens (including phenoxy) is 2. The molecule has 3 rings (SSSR count). The van der Waals surface area contributed by atoms with Gasteiger partial charge in [-0.2, -0.15) is 5.26 Å². The Kier molecular flexibility index (Phi) is 4.68. The third-order valence-electron chi connectivity index (χ3n) is 4.64. The molecule has 136 valence electrons. The largest absolute Gasteiger partial charge is 0.496 e. The van der Waals surface area contributed by atoms with Gasteiger partial charge in [0.2, 0.25) is 5.88 Å². The van der Waals surface area contributed by atoms with E-state index in [4.69, 9.17) is 38.4 Å². The zero-order chi connectivity index (χ0) is 19.2. The Morgan fingerprint density at radius 3 is 2.65 bits per heavy atom. The predicted octanol–water partition coefficient (Wildman–Crippen LogP) is 4.45. The average molecular weight is 393 g/mol. The van der Waals surface area contributed by atoms with Crippen molar-refractivity contribution < 1.29 is 14.3 Å². The number of carbonyl (C=O) groups is 1. The molecule has 0 saturated carbocycles. The monoisotopic (exact) mass is 392 g/mol. The first-order chi connectivity index (χ1) is 12.2. The number of allylic oxidation sites excluding steroid dienone is 3. The maximum absolute atomic E-state index is 13.0. The Morgan fingerprint density at radius 1 is 1.35 bits per heavy atom. The number of hydrogen-bond acceptors (Lipinski definition) is 5. The van der Waals surface area contributed by atoms with Crippen LogP contribution in [0.3, 0.4) is 0 Å². The van der Waals surface area contributed by atoms with Gasteiger partial charge in [0.15, 0.2) is 5.78 Å². The summed E-state index contributed by atoms with van der Waals surface area (Å²) in [7, 11) is 1.48. The van der Waals surface area contributed by atoms with Crippen molar-refractivity contribution in [1.29, 1.82) is 5.26 Å². The van der Waals surface area contributed by atoms with Gasteiger partial charge in [0.05, 0.1) is 13.0 Å². The first-order valence-corrected chi connectivity index (χ1v) is 8.81. The predicted molar refractivity (Wildman–Crippen MR) is 98.7 cm³/mol. The summed E-state index contributed by atoms with van der Waals surface area (Å²) in [6.45, 7) is 3.98. The summed E-state index contributed by atoms with van der Waals surface area (Å²) < 4.78 is 11.1. The molecule has 0 aromatic heterocycles. The first kappa shape index (κ1) is 18.6. The van der Waals surface area contributed by atoms with Gasteiger partial charge in [0.25, 0.3) is 0 Å². The van der Waals surface area contributed by atoms with Gasteiger partial charge < -0.3 is 15.2 Å². The fourth-order valence-corrected chi connectivity index (χ4v) is 4.17. The Morgan fingerprint density at radius 2 is 2.04 bits per heavy atom.